The molecule has 174 valence electrons. The van der Waals surface area contributed by atoms with Crippen molar-refractivity contribution in [1.29, 1.82) is 0 Å². The Bertz CT molecular complexity index is 1080. The molecule has 0 spiro atoms. The highest BCUT2D eigenvalue weighted by atomic mass is 79.9. The molecule has 0 aliphatic carbocycles. The smallest absolute Gasteiger partial charge is 0.226 e. The van der Waals surface area contributed by atoms with E-state index in [4.69, 9.17) is 9.47 Å². The van der Waals surface area contributed by atoms with Crippen LogP contribution in [0.5, 0.6) is 11.5 Å². The lowest BCUT2D eigenvalue weighted by atomic mass is 10.1. The number of ether oxygens (including phenoxy) is 2. The molecule has 0 radical (unpaired) electrons. The summed E-state index contributed by atoms with van der Waals surface area (Å²) in [5.74, 6) is 1.38. The van der Waals surface area contributed by atoms with Crippen LogP contribution in [-0.2, 0) is 17.9 Å². The van der Waals surface area contributed by atoms with Gasteiger partial charge in [-0.25, -0.2) is 0 Å². The number of amides is 1. The second-order valence-electron chi connectivity index (χ2n) is 8.18. The number of aryl methyl sites for hydroxylation is 1. The maximum Gasteiger partial charge on any atom is 0.226 e. The van der Waals surface area contributed by atoms with E-state index in [1.54, 1.807) is 0 Å². The third kappa shape index (κ3) is 7.26. The number of halogens is 1. The van der Waals surface area contributed by atoms with Gasteiger partial charge in [-0.3, -0.25) is 4.79 Å². The Balaban J connectivity index is 1.66. The van der Waals surface area contributed by atoms with Crippen LogP contribution in [0.15, 0.2) is 65.1 Å². The fourth-order valence-corrected chi connectivity index (χ4v) is 3.67. The summed E-state index contributed by atoms with van der Waals surface area (Å²) >= 11 is 3.67. The molecule has 3 aromatic rings. The monoisotopic (exact) mass is 510 g/mol. The maximum absolute atomic E-state index is 11.8. The first-order valence-corrected chi connectivity index (χ1v) is 11.9. The number of nitrogens with one attached hydrogen (secondary N) is 2. The van der Waals surface area contributed by atoms with Crippen LogP contribution in [-0.4, -0.2) is 12.5 Å². The van der Waals surface area contributed by atoms with E-state index in [0.717, 1.165) is 32.7 Å². The Morgan fingerprint density at radius 2 is 1.67 bits per heavy atom. The number of carbonyl (C=O) groups excluding carboxylic acids is 1. The van der Waals surface area contributed by atoms with Crippen LogP contribution < -0.4 is 20.1 Å². The van der Waals surface area contributed by atoms with E-state index >= 15 is 0 Å². The van der Waals surface area contributed by atoms with Gasteiger partial charge in [-0.15, -0.1) is 0 Å². The molecular weight excluding hydrogens is 480 g/mol. The molecule has 5 nitrogen and oxygen atoms in total. The quantitative estimate of drug-likeness (QED) is 0.310. The van der Waals surface area contributed by atoms with Gasteiger partial charge in [0.15, 0.2) is 11.5 Å². The van der Waals surface area contributed by atoms with Crippen LogP contribution in [0.25, 0.3) is 0 Å². The van der Waals surface area contributed by atoms with Crippen molar-refractivity contribution in [2.45, 2.75) is 40.8 Å². The zero-order valence-corrected chi connectivity index (χ0v) is 21.2. The summed E-state index contributed by atoms with van der Waals surface area (Å²) in [4.78, 5) is 11.8. The van der Waals surface area contributed by atoms with Crippen LogP contribution in [0.2, 0.25) is 0 Å². The van der Waals surface area contributed by atoms with Gasteiger partial charge in [0.1, 0.15) is 6.61 Å². The standard InChI is InChI=1S/C27H31BrN2O3/c1-5-32-25-14-21(16-29-22-9-11-23(12-10-22)30-27(31)18(2)3)24(28)15-26(25)33-17-20-8-6-7-19(4)13-20/h6-15,18,29H,5,16-17H2,1-4H3,(H,30,31). The van der Waals surface area contributed by atoms with Gasteiger partial charge in [-0.2, -0.15) is 0 Å². The molecule has 0 atom stereocenters. The van der Waals surface area contributed by atoms with Gasteiger partial charge < -0.3 is 20.1 Å². The van der Waals surface area contributed by atoms with Crippen LogP contribution in [0.3, 0.4) is 0 Å². The number of anilines is 2. The summed E-state index contributed by atoms with van der Waals surface area (Å²) in [6, 6.07) is 19.9. The van der Waals surface area contributed by atoms with Crippen molar-refractivity contribution in [2.75, 3.05) is 17.2 Å². The molecule has 0 fully saturated rings. The van der Waals surface area contributed by atoms with Crippen molar-refractivity contribution < 1.29 is 14.3 Å². The first kappa shape index (κ1) is 24.6. The van der Waals surface area contributed by atoms with Gasteiger partial charge in [0.2, 0.25) is 5.91 Å². The molecule has 0 bridgehead atoms. The van der Waals surface area contributed by atoms with Crippen LogP contribution >= 0.6 is 15.9 Å². The highest BCUT2D eigenvalue weighted by Crippen LogP contribution is 2.35. The lowest BCUT2D eigenvalue weighted by Gasteiger charge is -2.16. The molecule has 0 aliphatic rings. The van der Waals surface area contributed by atoms with E-state index in [-0.39, 0.29) is 11.8 Å². The largest absolute Gasteiger partial charge is 0.490 e. The molecule has 0 heterocycles. The van der Waals surface area contributed by atoms with Gasteiger partial charge in [-0.05, 0) is 61.4 Å². The zero-order chi connectivity index (χ0) is 23.8. The van der Waals surface area contributed by atoms with Crippen molar-refractivity contribution in [3.63, 3.8) is 0 Å². The van der Waals surface area contributed by atoms with E-state index in [2.05, 4.69) is 51.7 Å². The van der Waals surface area contributed by atoms with Gasteiger partial charge in [-0.1, -0.05) is 59.6 Å². The normalized spacial score (nSPS) is 10.7. The predicted molar refractivity (Wildman–Crippen MR) is 138 cm³/mol. The average Bonchev–Trinajstić information content (AvgIpc) is 2.79. The second-order valence-corrected chi connectivity index (χ2v) is 9.03. The maximum atomic E-state index is 11.8. The molecule has 6 heteroatoms. The number of hydrogen-bond donors (Lipinski definition) is 2. The van der Waals surface area contributed by atoms with Gasteiger partial charge in [0.05, 0.1) is 6.61 Å². The molecule has 0 saturated carbocycles. The Labute approximate surface area is 204 Å². The van der Waals surface area contributed by atoms with E-state index in [9.17, 15) is 4.79 Å². The molecule has 3 aromatic carbocycles. The van der Waals surface area contributed by atoms with Gasteiger partial charge >= 0.3 is 0 Å². The molecule has 1 amide bonds. The molecule has 33 heavy (non-hydrogen) atoms. The average molecular weight is 511 g/mol. The summed E-state index contributed by atoms with van der Waals surface area (Å²) in [5.41, 5.74) is 5.13. The number of rotatable bonds is 10. The van der Waals surface area contributed by atoms with Gasteiger partial charge in [0.25, 0.3) is 0 Å². The Morgan fingerprint density at radius 3 is 2.33 bits per heavy atom. The first-order chi connectivity index (χ1) is 15.9. The summed E-state index contributed by atoms with van der Waals surface area (Å²) in [6.07, 6.45) is 0. The minimum atomic E-state index is -0.0524. The minimum absolute atomic E-state index is 0.00722. The van der Waals surface area contributed by atoms with Crippen molar-refractivity contribution in [2.24, 2.45) is 5.92 Å². The molecule has 0 unspecified atom stereocenters. The highest BCUT2D eigenvalue weighted by molar-refractivity contribution is 9.10. The van der Waals surface area contributed by atoms with E-state index in [0.29, 0.717) is 25.5 Å². The molecule has 2 N–H and O–H groups in total. The predicted octanol–water partition coefficient (Wildman–Crippen LogP) is 6.94. The number of benzene rings is 3. The van der Waals surface area contributed by atoms with Crippen molar-refractivity contribution in [1.82, 2.24) is 0 Å². The number of carbonyl (C=O) groups is 1. The number of hydrogen-bond acceptors (Lipinski definition) is 4. The van der Waals surface area contributed by atoms with E-state index < -0.39 is 0 Å². The fourth-order valence-electron chi connectivity index (χ4n) is 3.21. The summed E-state index contributed by atoms with van der Waals surface area (Å²) in [6.45, 7) is 9.42. The first-order valence-electron chi connectivity index (χ1n) is 11.1. The summed E-state index contributed by atoms with van der Waals surface area (Å²) < 4.78 is 12.9. The van der Waals surface area contributed by atoms with Crippen LogP contribution in [0.1, 0.15) is 37.5 Å². The van der Waals surface area contributed by atoms with E-state index in [1.165, 1.54) is 5.56 Å². The fraction of sp³-hybridized carbons (Fsp3) is 0.296. The lowest BCUT2D eigenvalue weighted by molar-refractivity contribution is -0.118. The lowest BCUT2D eigenvalue weighted by Crippen LogP contribution is -2.17. The molecule has 0 aromatic heterocycles. The van der Waals surface area contributed by atoms with E-state index in [1.807, 2.05) is 63.2 Å². The topological polar surface area (TPSA) is 59.6 Å². The molecule has 0 aliphatic heterocycles. The van der Waals surface area contributed by atoms with Crippen molar-refractivity contribution in [3.05, 3.63) is 81.8 Å². The second kappa shape index (κ2) is 11.8. The Morgan fingerprint density at radius 1 is 0.970 bits per heavy atom. The molecule has 0 saturated heterocycles. The zero-order valence-electron chi connectivity index (χ0n) is 19.6. The van der Waals surface area contributed by atoms with Crippen LogP contribution in [0, 0.1) is 12.8 Å². The minimum Gasteiger partial charge on any atom is -0.490 e. The van der Waals surface area contributed by atoms with Crippen molar-refractivity contribution in [3.8, 4) is 11.5 Å². The Hall–Kier alpha value is -2.99. The molecular formula is C27H31BrN2O3. The summed E-state index contributed by atoms with van der Waals surface area (Å²) in [7, 11) is 0. The summed E-state index contributed by atoms with van der Waals surface area (Å²) in [5, 5.41) is 6.32. The SMILES string of the molecule is CCOc1cc(CNc2ccc(NC(=O)C(C)C)cc2)c(Br)cc1OCc1cccc(C)c1. The van der Waals surface area contributed by atoms with Crippen molar-refractivity contribution >= 4 is 33.2 Å². The van der Waals surface area contributed by atoms with Crippen LogP contribution in [0.4, 0.5) is 11.4 Å². The highest BCUT2D eigenvalue weighted by Gasteiger charge is 2.12. The molecule has 3 rings (SSSR count). The third-order valence-corrected chi connectivity index (χ3v) is 5.79. The van der Waals surface area contributed by atoms with Gasteiger partial charge in [0, 0.05) is 28.3 Å². The Kier molecular flexibility index (Phi) is 8.78. The third-order valence-electron chi connectivity index (χ3n) is 5.05.